The van der Waals surface area contributed by atoms with Crippen LogP contribution in [0.25, 0.3) is 0 Å². The molecule has 0 aliphatic rings. The molecule has 0 saturated heterocycles. The van der Waals surface area contributed by atoms with E-state index in [0.717, 1.165) is 19.3 Å². The summed E-state index contributed by atoms with van der Waals surface area (Å²) in [5.41, 5.74) is 0.254. The molecule has 0 heterocycles. The van der Waals surface area contributed by atoms with Gasteiger partial charge in [0, 0.05) is 18.7 Å². The van der Waals surface area contributed by atoms with Crippen LogP contribution in [0, 0.1) is 11.7 Å². The number of carbonyl (C=O) groups excluding carboxylic acids is 1. The predicted octanol–water partition coefficient (Wildman–Crippen LogP) is 3.18. The second-order valence-corrected chi connectivity index (χ2v) is 5.21. The molecule has 21 heavy (non-hydrogen) atoms. The Labute approximate surface area is 124 Å². The summed E-state index contributed by atoms with van der Waals surface area (Å²) < 4.78 is 13.2. The molecule has 5 heteroatoms. The highest BCUT2D eigenvalue weighted by molar-refractivity contribution is 5.94. The molecule has 0 radical (unpaired) electrons. The maximum Gasteiger partial charge on any atom is 0.308 e. The lowest BCUT2D eigenvalue weighted by molar-refractivity contribution is -0.141. The fourth-order valence-corrected chi connectivity index (χ4v) is 2.04. The number of rotatable bonds is 8. The first-order chi connectivity index (χ1) is 9.95. The van der Waals surface area contributed by atoms with Gasteiger partial charge in [0.1, 0.15) is 5.82 Å². The van der Waals surface area contributed by atoms with Gasteiger partial charge in [0.15, 0.2) is 0 Å². The van der Waals surface area contributed by atoms with Gasteiger partial charge in [-0.2, -0.15) is 0 Å². The minimum atomic E-state index is -0.942. The summed E-state index contributed by atoms with van der Waals surface area (Å²) in [6, 6.07) is 5.48. The first-order valence-electron chi connectivity index (χ1n) is 7.23. The Morgan fingerprint density at radius 1 is 1.33 bits per heavy atom. The highest BCUT2D eigenvalue weighted by Crippen LogP contribution is 2.11. The van der Waals surface area contributed by atoms with E-state index in [1.54, 1.807) is 13.0 Å². The van der Waals surface area contributed by atoms with E-state index in [-0.39, 0.29) is 18.0 Å². The average molecular weight is 295 g/mol. The van der Waals surface area contributed by atoms with Gasteiger partial charge in [-0.25, -0.2) is 4.39 Å². The van der Waals surface area contributed by atoms with E-state index < -0.39 is 17.7 Å². The molecule has 1 atom stereocenters. The number of hydrogen-bond acceptors (Lipinski definition) is 2. The SMILES string of the molecule is CCCCCN(CC(C)C(=O)O)C(=O)c1cccc(F)c1. The summed E-state index contributed by atoms with van der Waals surface area (Å²) >= 11 is 0. The minimum absolute atomic E-state index is 0.133. The largest absolute Gasteiger partial charge is 0.481 e. The third kappa shape index (κ3) is 5.53. The van der Waals surface area contributed by atoms with E-state index in [0.29, 0.717) is 6.54 Å². The topological polar surface area (TPSA) is 57.6 Å². The third-order valence-electron chi connectivity index (χ3n) is 3.31. The zero-order valence-corrected chi connectivity index (χ0v) is 12.5. The van der Waals surface area contributed by atoms with Gasteiger partial charge in [-0.3, -0.25) is 9.59 Å². The van der Waals surface area contributed by atoms with Crippen molar-refractivity contribution in [2.24, 2.45) is 5.92 Å². The number of carboxylic acid groups (broad SMARTS) is 1. The number of nitrogens with zero attached hydrogens (tertiary/aromatic N) is 1. The fraction of sp³-hybridized carbons (Fsp3) is 0.500. The molecule has 1 aromatic rings. The molecule has 4 nitrogen and oxygen atoms in total. The van der Waals surface area contributed by atoms with Crippen LogP contribution in [0.4, 0.5) is 4.39 Å². The Kier molecular flexibility index (Phi) is 6.85. The minimum Gasteiger partial charge on any atom is -0.481 e. The molecule has 1 N–H and O–H groups in total. The summed E-state index contributed by atoms with van der Waals surface area (Å²) in [7, 11) is 0. The van der Waals surface area contributed by atoms with Crippen LogP contribution >= 0.6 is 0 Å². The van der Waals surface area contributed by atoms with Crippen LogP contribution in [0.5, 0.6) is 0 Å². The van der Waals surface area contributed by atoms with Gasteiger partial charge in [-0.1, -0.05) is 32.8 Å². The van der Waals surface area contributed by atoms with Crippen LogP contribution in [0.15, 0.2) is 24.3 Å². The molecule has 0 aliphatic heterocycles. The lowest BCUT2D eigenvalue weighted by Gasteiger charge is -2.24. The van der Waals surface area contributed by atoms with Gasteiger partial charge in [-0.05, 0) is 24.6 Å². The van der Waals surface area contributed by atoms with Crippen LogP contribution in [0.1, 0.15) is 43.5 Å². The van der Waals surface area contributed by atoms with Crippen molar-refractivity contribution >= 4 is 11.9 Å². The van der Waals surface area contributed by atoms with E-state index in [2.05, 4.69) is 6.92 Å². The van der Waals surface area contributed by atoms with Crippen LogP contribution in [-0.4, -0.2) is 35.0 Å². The van der Waals surface area contributed by atoms with Gasteiger partial charge < -0.3 is 10.0 Å². The number of unbranched alkanes of at least 4 members (excludes halogenated alkanes) is 2. The highest BCUT2D eigenvalue weighted by Gasteiger charge is 2.21. The molecule has 1 rings (SSSR count). The zero-order chi connectivity index (χ0) is 15.8. The van der Waals surface area contributed by atoms with E-state index >= 15 is 0 Å². The van der Waals surface area contributed by atoms with E-state index in [1.165, 1.54) is 23.1 Å². The van der Waals surface area contributed by atoms with Crippen molar-refractivity contribution in [3.05, 3.63) is 35.6 Å². The summed E-state index contributed by atoms with van der Waals surface area (Å²) in [5.74, 6) is -2.38. The van der Waals surface area contributed by atoms with E-state index in [4.69, 9.17) is 5.11 Å². The number of carbonyl (C=O) groups is 2. The Balaban J connectivity index is 2.83. The van der Waals surface area contributed by atoms with Crippen molar-refractivity contribution in [1.29, 1.82) is 0 Å². The summed E-state index contributed by atoms with van der Waals surface area (Å²) in [6.45, 7) is 4.24. The molecule has 0 aromatic heterocycles. The van der Waals surface area contributed by atoms with Gasteiger partial charge >= 0.3 is 5.97 Å². The number of aliphatic carboxylic acids is 1. The molecule has 0 saturated carbocycles. The number of amides is 1. The third-order valence-corrected chi connectivity index (χ3v) is 3.31. The Bertz CT molecular complexity index is 490. The highest BCUT2D eigenvalue weighted by atomic mass is 19.1. The number of halogens is 1. The quantitative estimate of drug-likeness (QED) is 0.749. The summed E-state index contributed by atoms with van der Waals surface area (Å²) in [6.07, 6.45) is 2.79. The van der Waals surface area contributed by atoms with E-state index in [9.17, 15) is 14.0 Å². The van der Waals surface area contributed by atoms with Crippen LogP contribution in [0.3, 0.4) is 0 Å². The van der Waals surface area contributed by atoms with Crippen LogP contribution < -0.4 is 0 Å². The van der Waals surface area contributed by atoms with E-state index in [1.807, 2.05) is 0 Å². The summed E-state index contributed by atoms with van der Waals surface area (Å²) in [5, 5.41) is 9.00. The van der Waals surface area contributed by atoms with Gasteiger partial charge in [0.25, 0.3) is 5.91 Å². The first-order valence-corrected chi connectivity index (χ1v) is 7.23. The monoisotopic (exact) mass is 295 g/mol. The Morgan fingerprint density at radius 3 is 2.62 bits per heavy atom. The molecular weight excluding hydrogens is 273 g/mol. The molecule has 0 aliphatic carbocycles. The average Bonchev–Trinajstić information content (AvgIpc) is 2.45. The molecule has 0 fully saturated rings. The van der Waals surface area contributed by atoms with Crippen molar-refractivity contribution in [3.63, 3.8) is 0 Å². The molecule has 116 valence electrons. The molecular formula is C16H22FNO3. The smallest absolute Gasteiger partial charge is 0.308 e. The lowest BCUT2D eigenvalue weighted by atomic mass is 10.1. The number of hydrogen-bond donors (Lipinski definition) is 1. The molecule has 1 unspecified atom stereocenters. The maximum atomic E-state index is 13.2. The second kappa shape index (κ2) is 8.39. The second-order valence-electron chi connectivity index (χ2n) is 5.21. The van der Waals surface area contributed by atoms with Crippen molar-refractivity contribution in [2.75, 3.05) is 13.1 Å². The van der Waals surface area contributed by atoms with Gasteiger partial charge in [0.2, 0.25) is 0 Å². The van der Waals surface area contributed by atoms with Crippen molar-refractivity contribution in [2.45, 2.75) is 33.1 Å². The number of carboxylic acids is 1. The molecule has 1 aromatic carbocycles. The van der Waals surface area contributed by atoms with Crippen LogP contribution in [-0.2, 0) is 4.79 Å². The first kappa shape index (κ1) is 17.1. The van der Waals surface area contributed by atoms with Crippen molar-refractivity contribution in [1.82, 2.24) is 4.90 Å². The predicted molar refractivity (Wildman–Crippen MR) is 78.6 cm³/mol. The fourth-order valence-electron chi connectivity index (χ4n) is 2.04. The Morgan fingerprint density at radius 2 is 2.05 bits per heavy atom. The van der Waals surface area contributed by atoms with Crippen molar-refractivity contribution < 1.29 is 19.1 Å². The van der Waals surface area contributed by atoms with Crippen LogP contribution in [0.2, 0.25) is 0 Å². The number of benzene rings is 1. The lowest BCUT2D eigenvalue weighted by Crippen LogP contribution is -2.37. The Hall–Kier alpha value is -1.91. The molecule has 1 amide bonds. The standard InChI is InChI=1S/C16H22FNO3/c1-3-4-5-9-18(11-12(2)16(20)21)15(19)13-7-6-8-14(17)10-13/h6-8,10,12H,3-5,9,11H2,1-2H3,(H,20,21). The molecule has 0 spiro atoms. The van der Waals surface area contributed by atoms with Gasteiger partial charge in [0.05, 0.1) is 5.92 Å². The van der Waals surface area contributed by atoms with Crippen molar-refractivity contribution in [3.8, 4) is 0 Å². The zero-order valence-electron chi connectivity index (χ0n) is 12.5. The maximum absolute atomic E-state index is 13.2. The summed E-state index contributed by atoms with van der Waals surface area (Å²) in [4.78, 5) is 24.9. The molecule has 0 bridgehead atoms. The van der Waals surface area contributed by atoms with Gasteiger partial charge in [-0.15, -0.1) is 0 Å². The normalized spacial score (nSPS) is 12.0.